The van der Waals surface area contributed by atoms with Gasteiger partial charge in [-0.1, -0.05) is 0 Å². The molecule has 1 amide bonds. The first-order valence-corrected chi connectivity index (χ1v) is 11.6. The van der Waals surface area contributed by atoms with Crippen LogP contribution < -0.4 is 10.1 Å². The fourth-order valence-electron chi connectivity index (χ4n) is 4.49. The molecule has 0 atom stereocenters. The van der Waals surface area contributed by atoms with E-state index >= 15 is 0 Å². The maximum Gasteiger partial charge on any atom is 0.316 e. The van der Waals surface area contributed by atoms with Crippen LogP contribution in [0, 0.1) is 17.6 Å². The second kappa shape index (κ2) is 9.84. The van der Waals surface area contributed by atoms with Crippen LogP contribution in [0.3, 0.4) is 0 Å². The van der Waals surface area contributed by atoms with Crippen molar-refractivity contribution in [2.75, 3.05) is 13.7 Å². The molecule has 0 saturated heterocycles. The highest BCUT2D eigenvalue weighted by molar-refractivity contribution is 5.94. The molecule has 3 aromatic heterocycles. The van der Waals surface area contributed by atoms with Gasteiger partial charge >= 0.3 is 6.01 Å². The highest BCUT2D eigenvalue weighted by Crippen LogP contribution is 2.33. The molecule has 5 rings (SSSR count). The lowest BCUT2D eigenvalue weighted by Gasteiger charge is -2.28. The minimum atomic E-state index is -1.16. The third-order valence-corrected chi connectivity index (χ3v) is 6.53. The van der Waals surface area contributed by atoms with E-state index < -0.39 is 23.3 Å². The summed E-state index contributed by atoms with van der Waals surface area (Å²) in [6, 6.07) is 4.09. The highest BCUT2D eigenvalue weighted by Gasteiger charge is 2.24. The minimum absolute atomic E-state index is 0.158. The Bertz CT molecular complexity index is 1380. The molecular weight excluding hydrogens is 470 g/mol. The summed E-state index contributed by atoms with van der Waals surface area (Å²) in [5, 5.41) is 17.6. The molecule has 186 valence electrons. The number of nitrogens with one attached hydrogen (secondary N) is 1. The van der Waals surface area contributed by atoms with E-state index in [1.807, 2.05) is 16.9 Å². The summed E-state index contributed by atoms with van der Waals surface area (Å²) in [6.45, 7) is 0.411. The van der Waals surface area contributed by atoms with E-state index in [1.165, 1.54) is 7.11 Å². The number of aromatic hydroxyl groups is 1. The van der Waals surface area contributed by atoms with Gasteiger partial charge < -0.3 is 15.2 Å². The van der Waals surface area contributed by atoms with Crippen molar-refractivity contribution in [2.45, 2.75) is 31.7 Å². The minimum Gasteiger partial charge on any atom is -0.503 e. The molecule has 0 aliphatic heterocycles. The molecule has 0 bridgehead atoms. The van der Waals surface area contributed by atoms with Gasteiger partial charge in [0.15, 0.2) is 17.4 Å². The number of hydrogen-bond donors (Lipinski definition) is 2. The molecule has 0 spiro atoms. The number of halogens is 2. The average Bonchev–Trinajstić information content (AvgIpc) is 3.34. The van der Waals surface area contributed by atoms with Crippen LogP contribution in [0.1, 0.15) is 42.1 Å². The number of fused-ring (bicyclic) bond motifs is 1. The lowest BCUT2D eigenvalue weighted by Crippen LogP contribution is -2.31. The standard InChI is InChI=1S/C25H24F2N6O3/c1-36-25-30-10-16(11-31-25)21-8-22-17(12-28-21)13-33(32-22)18-4-2-14(3-5-18)9-29-24(35)15-6-19(26)23(34)20(27)7-15/h6-8,10-14,18,34H,2-5,9H2,1H3,(H,29,35). The number of nitrogens with zero attached hydrogens (tertiary/aromatic N) is 5. The summed E-state index contributed by atoms with van der Waals surface area (Å²) in [6.07, 6.45) is 10.6. The SMILES string of the molecule is COc1ncc(-c2cc3nn(C4CCC(CNC(=O)c5cc(F)c(O)c(F)c5)CC4)cc3cn2)cn1. The predicted octanol–water partition coefficient (Wildman–Crippen LogP) is 4.04. The Morgan fingerprint density at radius 3 is 2.44 bits per heavy atom. The summed E-state index contributed by atoms with van der Waals surface area (Å²) in [7, 11) is 1.51. The third-order valence-electron chi connectivity index (χ3n) is 6.53. The number of aromatic nitrogens is 5. The van der Waals surface area contributed by atoms with Gasteiger partial charge in [-0.15, -0.1) is 0 Å². The summed E-state index contributed by atoms with van der Waals surface area (Å²) < 4.78 is 34.0. The number of carbonyl (C=O) groups excluding carboxylic acids is 1. The fraction of sp³-hybridized carbons (Fsp3) is 0.320. The van der Waals surface area contributed by atoms with Crippen molar-refractivity contribution in [3.05, 3.63) is 60.2 Å². The van der Waals surface area contributed by atoms with Gasteiger partial charge in [-0.2, -0.15) is 5.10 Å². The Labute approximate surface area is 205 Å². The average molecular weight is 495 g/mol. The van der Waals surface area contributed by atoms with Gasteiger partial charge in [0.05, 0.1) is 24.4 Å². The number of benzene rings is 1. The second-order valence-corrected chi connectivity index (χ2v) is 8.87. The molecule has 36 heavy (non-hydrogen) atoms. The Morgan fingerprint density at radius 1 is 1.08 bits per heavy atom. The van der Waals surface area contributed by atoms with Gasteiger partial charge in [0, 0.05) is 47.8 Å². The topological polar surface area (TPSA) is 115 Å². The van der Waals surface area contributed by atoms with Crippen molar-refractivity contribution in [3.63, 3.8) is 0 Å². The number of phenolic OH excluding ortho intramolecular Hbond substituents is 1. The zero-order valence-corrected chi connectivity index (χ0v) is 19.5. The fourth-order valence-corrected chi connectivity index (χ4v) is 4.49. The van der Waals surface area contributed by atoms with E-state index in [9.17, 15) is 18.7 Å². The molecule has 1 aliphatic rings. The number of pyridine rings is 1. The van der Waals surface area contributed by atoms with Crippen molar-refractivity contribution in [1.82, 2.24) is 30.0 Å². The van der Waals surface area contributed by atoms with Crippen molar-refractivity contribution in [1.29, 1.82) is 0 Å². The summed E-state index contributed by atoms with van der Waals surface area (Å²) in [4.78, 5) is 25.0. The molecule has 2 N–H and O–H groups in total. The van der Waals surface area contributed by atoms with Gasteiger partial charge in [0.1, 0.15) is 0 Å². The molecule has 9 nitrogen and oxygen atoms in total. The van der Waals surface area contributed by atoms with Crippen LogP contribution in [0.2, 0.25) is 0 Å². The van der Waals surface area contributed by atoms with Crippen molar-refractivity contribution >= 4 is 16.8 Å². The molecule has 1 aliphatic carbocycles. The maximum absolute atomic E-state index is 13.5. The van der Waals surface area contributed by atoms with E-state index in [1.54, 1.807) is 18.6 Å². The third kappa shape index (κ3) is 4.81. The van der Waals surface area contributed by atoms with E-state index in [0.717, 1.165) is 60.0 Å². The first kappa shape index (κ1) is 23.6. The van der Waals surface area contributed by atoms with Crippen LogP contribution in [-0.4, -0.2) is 49.4 Å². The Balaban J connectivity index is 1.18. The Hall–Kier alpha value is -4.15. The van der Waals surface area contributed by atoms with Gasteiger partial charge in [0.2, 0.25) is 0 Å². The molecular formula is C25H24F2N6O3. The molecule has 1 saturated carbocycles. The number of hydrogen-bond acceptors (Lipinski definition) is 7. The predicted molar refractivity (Wildman–Crippen MR) is 126 cm³/mol. The number of phenols is 1. The quantitative estimate of drug-likeness (QED) is 0.416. The van der Waals surface area contributed by atoms with Gasteiger partial charge in [-0.25, -0.2) is 18.7 Å². The zero-order valence-electron chi connectivity index (χ0n) is 19.5. The van der Waals surface area contributed by atoms with Gasteiger partial charge in [0.25, 0.3) is 5.91 Å². The molecule has 0 radical (unpaired) electrons. The summed E-state index contributed by atoms with van der Waals surface area (Å²) in [5.74, 6) is -3.72. The monoisotopic (exact) mass is 494 g/mol. The summed E-state index contributed by atoms with van der Waals surface area (Å²) in [5.41, 5.74) is 2.17. The molecule has 3 heterocycles. The number of carbonyl (C=O) groups is 1. The normalized spacial score (nSPS) is 17.8. The first-order chi connectivity index (χ1) is 17.4. The Kier molecular flexibility index (Phi) is 6.45. The lowest BCUT2D eigenvalue weighted by molar-refractivity contribution is 0.0940. The zero-order chi connectivity index (χ0) is 25.2. The summed E-state index contributed by atoms with van der Waals surface area (Å²) >= 11 is 0. The number of methoxy groups -OCH3 is 1. The van der Waals surface area contributed by atoms with Crippen molar-refractivity contribution in [2.24, 2.45) is 5.92 Å². The Morgan fingerprint density at radius 2 is 1.78 bits per heavy atom. The number of rotatable bonds is 6. The molecule has 1 aromatic carbocycles. The second-order valence-electron chi connectivity index (χ2n) is 8.87. The van der Waals surface area contributed by atoms with Crippen LogP contribution in [0.15, 0.2) is 43.0 Å². The van der Waals surface area contributed by atoms with E-state index in [-0.39, 0.29) is 17.5 Å². The van der Waals surface area contributed by atoms with Gasteiger partial charge in [-0.05, 0) is 49.8 Å². The molecule has 11 heteroatoms. The highest BCUT2D eigenvalue weighted by atomic mass is 19.1. The van der Waals surface area contributed by atoms with Gasteiger partial charge in [-0.3, -0.25) is 14.5 Å². The van der Waals surface area contributed by atoms with Crippen LogP contribution in [0.4, 0.5) is 8.78 Å². The van der Waals surface area contributed by atoms with Crippen LogP contribution >= 0.6 is 0 Å². The largest absolute Gasteiger partial charge is 0.503 e. The first-order valence-electron chi connectivity index (χ1n) is 11.6. The van der Waals surface area contributed by atoms with E-state index in [4.69, 9.17) is 9.84 Å². The smallest absolute Gasteiger partial charge is 0.316 e. The molecule has 1 fully saturated rings. The van der Waals surface area contributed by atoms with Crippen LogP contribution in [0.25, 0.3) is 22.2 Å². The van der Waals surface area contributed by atoms with Crippen molar-refractivity contribution < 1.29 is 23.4 Å². The van der Waals surface area contributed by atoms with Crippen LogP contribution in [-0.2, 0) is 0 Å². The maximum atomic E-state index is 13.5. The van der Waals surface area contributed by atoms with Crippen LogP contribution in [0.5, 0.6) is 11.8 Å². The number of amides is 1. The molecule has 4 aromatic rings. The van der Waals surface area contributed by atoms with Crippen molar-refractivity contribution in [3.8, 4) is 23.0 Å². The van der Waals surface area contributed by atoms with E-state index in [2.05, 4.69) is 20.3 Å². The lowest BCUT2D eigenvalue weighted by atomic mass is 9.86. The molecule has 0 unspecified atom stereocenters. The van der Waals surface area contributed by atoms with E-state index in [0.29, 0.717) is 12.6 Å². The number of ether oxygens (including phenoxy) is 1.